The van der Waals surface area contributed by atoms with E-state index >= 15 is 0 Å². The van der Waals surface area contributed by atoms with Crippen LogP contribution in [0.5, 0.6) is 11.5 Å². The first-order valence-electron chi connectivity index (χ1n) is 22.8. The third-order valence-corrected chi connectivity index (χ3v) is 14.6. The van der Waals surface area contributed by atoms with Gasteiger partial charge >= 0.3 is 0 Å². The Morgan fingerprint density at radius 3 is 1.89 bits per heavy atom. The maximum absolute atomic E-state index is 13.7. The highest BCUT2D eigenvalue weighted by Gasteiger charge is 2.41. The van der Waals surface area contributed by atoms with E-state index in [2.05, 4.69) is 34.4 Å². The fourth-order valence-electron chi connectivity index (χ4n) is 8.11. The minimum Gasteiger partial charge on any atom is -0.497 e. The Labute approximate surface area is 378 Å². The Morgan fingerprint density at radius 2 is 1.34 bits per heavy atom. The van der Waals surface area contributed by atoms with Crippen LogP contribution in [0.4, 0.5) is 0 Å². The second-order valence-electron chi connectivity index (χ2n) is 16.3. The second kappa shape index (κ2) is 29.5. The number of azide groups is 1. The molecular weight excluding hydrogens is 819 g/mol. The van der Waals surface area contributed by atoms with Crippen molar-refractivity contribution < 1.29 is 28.9 Å². The molecule has 13 heteroatoms. The number of aliphatic hydroxyl groups excluding tert-OH is 1. The highest BCUT2D eigenvalue weighted by molar-refractivity contribution is 8.76. The van der Waals surface area contributed by atoms with E-state index < -0.39 is 11.7 Å². The first kappa shape index (κ1) is 50.8. The molecule has 1 heterocycles. The molecule has 1 fully saturated rings. The number of aliphatic hydroxyl groups is 1. The maximum atomic E-state index is 13.7. The Morgan fingerprint density at radius 1 is 0.806 bits per heavy atom. The molecule has 0 radical (unpaired) electrons. The fraction of sp³-hybridized carbons (Fsp3) is 0.592. The van der Waals surface area contributed by atoms with Gasteiger partial charge in [0.2, 0.25) is 11.8 Å². The summed E-state index contributed by atoms with van der Waals surface area (Å²) in [7, 11) is 6.78. The number of hydrogen-bond donors (Lipinski definition) is 2. The van der Waals surface area contributed by atoms with Gasteiger partial charge in [-0.2, -0.15) is 0 Å². The van der Waals surface area contributed by atoms with E-state index in [9.17, 15) is 14.7 Å². The normalized spacial score (nSPS) is 15.5. The monoisotopic (exact) mass is 889 g/mol. The van der Waals surface area contributed by atoms with E-state index in [0.717, 1.165) is 66.0 Å². The Kier molecular flexibility index (Phi) is 24.1. The third kappa shape index (κ3) is 17.4. The van der Waals surface area contributed by atoms with Crippen LogP contribution in [0.3, 0.4) is 0 Å². The van der Waals surface area contributed by atoms with E-state index in [1.165, 1.54) is 57.8 Å². The van der Waals surface area contributed by atoms with Gasteiger partial charge in [-0.3, -0.25) is 9.59 Å². The van der Waals surface area contributed by atoms with Crippen molar-refractivity contribution in [1.82, 2.24) is 10.2 Å². The van der Waals surface area contributed by atoms with Gasteiger partial charge in [0.25, 0.3) is 0 Å². The van der Waals surface area contributed by atoms with E-state index in [-0.39, 0.29) is 36.3 Å². The zero-order valence-electron chi connectivity index (χ0n) is 37.4. The van der Waals surface area contributed by atoms with Crippen molar-refractivity contribution in [2.24, 2.45) is 5.11 Å². The number of β-amino-alcohol motifs (C(OH)–C–C–N with tert-alkyl or cyclic N) is 1. The van der Waals surface area contributed by atoms with Crippen molar-refractivity contribution in [2.75, 3.05) is 46.2 Å². The zero-order chi connectivity index (χ0) is 44.3. The van der Waals surface area contributed by atoms with Gasteiger partial charge in [0, 0.05) is 48.4 Å². The van der Waals surface area contributed by atoms with Crippen molar-refractivity contribution in [1.29, 1.82) is 0 Å². The van der Waals surface area contributed by atoms with Crippen molar-refractivity contribution in [3.63, 3.8) is 0 Å². The number of hydrogen-bond acceptors (Lipinski definition) is 9. The molecule has 1 unspecified atom stereocenters. The predicted molar refractivity (Wildman–Crippen MR) is 255 cm³/mol. The van der Waals surface area contributed by atoms with Crippen LogP contribution in [-0.2, 0) is 19.9 Å². The minimum absolute atomic E-state index is 0.0259. The molecule has 0 aliphatic carbocycles. The summed E-state index contributed by atoms with van der Waals surface area (Å²) in [6, 6.07) is 25.6. The molecule has 3 aromatic carbocycles. The van der Waals surface area contributed by atoms with Gasteiger partial charge in [-0.05, 0) is 72.2 Å². The highest BCUT2D eigenvalue weighted by atomic mass is 33.1. The lowest BCUT2D eigenvalue weighted by Gasteiger charge is -2.38. The standard InChI is InChI=1S/C49H71N5O6S2/c1-39(62-61-35-34-51-47(56)22-18-13-11-9-7-5-4-6-8-10-12-14-19-33-52-53-50)23-32-48(57)54-37-44(55)36-43(54)38-60-49(40-20-16-15-17-21-40,41-24-28-45(58-2)29-25-41)42-26-30-46(59-3)31-27-42/h15-17,20-21,24-31,39,43-44,55H,4-14,18-19,22-23,32-38H2,1-3H3,(H,51,56)/t39?,43-,44+/m0/s1. The van der Waals surface area contributed by atoms with Crippen molar-refractivity contribution in [3.05, 3.63) is 106 Å². The van der Waals surface area contributed by atoms with Gasteiger partial charge in [0.05, 0.1) is 33.0 Å². The molecule has 1 aliphatic rings. The SMILES string of the molecule is COc1ccc(C(OC[C@@H]2C[C@@H](O)CN2C(=O)CCC(C)SSCCNC(=O)CCCCCCCCCCCCCCCN=[N+]=[N-])(c2ccccc2)c2ccc(OC)cc2)cc1. The highest BCUT2D eigenvalue weighted by Crippen LogP contribution is 2.42. The summed E-state index contributed by atoms with van der Waals surface area (Å²) >= 11 is 0. The number of amides is 2. The first-order valence-corrected chi connectivity index (χ1v) is 25.2. The number of nitrogens with zero attached hydrogens (tertiary/aromatic N) is 4. The van der Waals surface area contributed by atoms with Crippen molar-refractivity contribution in [3.8, 4) is 11.5 Å². The number of methoxy groups -OCH3 is 2. The van der Waals surface area contributed by atoms with Gasteiger partial charge in [-0.15, -0.1) is 0 Å². The van der Waals surface area contributed by atoms with E-state index in [4.69, 9.17) is 19.7 Å². The summed E-state index contributed by atoms with van der Waals surface area (Å²) in [5.41, 5.74) is 10.1. The Hall–Kier alpha value is -3.87. The molecule has 3 atom stereocenters. The average molecular weight is 890 g/mol. The topological polar surface area (TPSA) is 146 Å². The molecule has 0 aromatic heterocycles. The van der Waals surface area contributed by atoms with Crippen LogP contribution in [0.1, 0.15) is 133 Å². The second-order valence-corrected chi connectivity index (χ2v) is 19.2. The number of carbonyl (C=O) groups is 2. The smallest absolute Gasteiger partial charge is 0.223 e. The minimum atomic E-state index is -1.01. The molecule has 0 saturated carbocycles. The van der Waals surface area contributed by atoms with Crippen LogP contribution in [-0.4, -0.2) is 85.4 Å². The number of carbonyl (C=O) groups excluding carboxylic acids is 2. The number of ether oxygens (including phenoxy) is 3. The number of likely N-dealkylation sites (tertiary alicyclic amines) is 1. The summed E-state index contributed by atoms with van der Waals surface area (Å²) in [6.45, 7) is 3.93. The van der Waals surface area contributed by atoms with Crippen LogP contribution in [0, 0.1) is 0 Å². The summed E-state index contributed by atoms with van der Waals surface area (Å²) in [4.78, 5) is 30.7. The number of rotatable bonds is 32. The molecule has 2 N–H and O–H groups in total. The first-order chi connectivity index (χ1) is 30.3. The van der Waals surface area contributed by atoms with Crippen LogP contribution < -0.4 is 14.8 Å². The molecular formula is C49H71N5O6S2. The molecule has 0 spiro atoms. The summed E-state index contributed by atoms with van der Waals surface area (Å²) in [5.74, 6) is 2.45. The lowest BCUT2D eigenvalue weighted by Crippen LogP contribution is -2.42. The van der Waals surface area contributed by atoms with Crippen LogP contribution in [0.2, 0.25) is 0 Å². The summed E-state index contributed by atoms with van der Waals surface area (Å²) in [5, 5.41) is 17.7. The molecule has 1 aliphatic heterocycles. The van der Waals surface area contributed by atoms with Crippen molar-refractivity contribution in [2.45, 2.75) is 139 Å². The maximum Gasteiger partial charge on any atom is 0.223 e. The average Bonchev–Trinajstić information content (AvgIpc) is 3.68. The van der Waals surface area contributed by atoms with Crippen LogP contribution in [0.25, 0.3) is 10.4 Å². The lowest BCUT2D eigenvalue weighted by atomic mass is 9.80. The molecule has 2 amide bonds. The molecule has 0 bridgehead atoms. The number of benzene rings is 3. The Balaban J connectivity index is 1.14. The molecule has 62 heavy (non-hydrogen) atoms. The van der Waals surface area contributed by atoms with Crippen molar-refractivity contribution >= 4 is 33.4 Å². The van der Waals surface area contributed by atoms with Gasteiger partial charge in [-0.1, -0.05) is 159 Å². The van der Waals surface area contributed by atoms with Crippen LogP contribution >= 0.6 is 21.6 Å². The fourth-order valence-corrected chi connectivity index (χ4v) is 10.4. The quantitative estimate of drug-likeness (QED) is 0.0157. The van der Waals surface area contributed by atoms with Gasteiger partial charge in [0.15, 0.2) is 0 Å². The van der Waals surface area contributed by atoms with E-state index in [1.54, 1.807) is 35.8 Å². The molecule has 3 aromatic rings. The van der Waals surface area contributed by atoms with Gasteiger partial charge < -0.3 is 29.5 Å². The van der Waals surface area contributed by atoms with E-state index in [0.29, 0.717) is 32.4 Å². The molecule has 11 nitrogen and oxygen atoms in total. The number of nitrogens with one attached hydrogen (secondary N) is 1. The van der Waals surface area contributed by atoms with Gasteiger partial charge in [-0.25, -0.2) is 0 Å². The molecule has 1 saturated heterocycles. The predicted octanol–water partition coefficient (Wildman–Crippen LogP) is 11.4. The zero-order valence-corrected chi connectivity index (χ0v) is 39.0. The Bertz CT molecular complexity index is 1700. The van der Waals surface area contributed by atoms with E-state index in [1.807, 2.05) is 71.6 Å². The largest absolute Gasteiger partial charge is 0.497 e. The van der Waals surface area contributed by atoms with Gasteiger partial charge in [0.1, 0.15) is 17.1 Å². The lowest BCUT2D eigenvalue weighted by molar-refractivity contribution is -0.134. The van der Waals surface area contributed by atoms with Crippen LogP contribution in [0.15, 0.2) is 84.0 Å². The summed E-state index contributed by atoms with van der Waals surface area (Å²) in [6.07, 6.45) is 17.2. The molecule has 4 rings (SSSR count). The third-order valence-electron chi connectivity index (χ3n) is 11.6. The molecule has 340 valence electrons. The number of unbranched alkanes of at least 4 members (excludes halogenated alkanes) is 12. The summed E-state index contributed by atoms with van der Waals surface area (Å²) < 4.78 is 18.1.